The van der Waals surface area contributed by atoms with Gasteiger partial charge in [0.05, 0.1) is 9.85 Å². The van der Waals surface area contributed by atoms with Gasteiger partial charge in [-0.2, -0.15) is 0 Å². The number of hydrogen-bond donors (Lipinski definition) is 6. The molecule has 129 heavy (non-hydrogen) atoms. The number of aliphatic hydroxyl groups is 1. The third-order valence-corrected chi connectivity index (χ3v) is 21.5. The molecule has 12 aromatic carbocycles. The Labute approximate surface area is 793 Å². The molecular formula is C104H124BBrCl4N8O11. The number of rotatable bonds is 27. The van der Waals surface area contributed by atoms with E-state index in [0.29, 0.717) is 36.9 Å². The van der Waals surface area contributed by atoms with Crippen molar-refractivity contribution in [3.8, 4) is 44.5 Å². The number of carbonyl (C=O) groups is 2. The van der Waals surface area contributed by atoms with Crippen LogP contribution in [0, 0.1) is 20.2 Å². The number of ether oxygens (including phenoxy) is 2. The molecule has 0 saturated carbocycles. The van der Waals surface area contributed by atoms with Crippen LogP contribution in [0.3, 0.4) is 0 Å². The van der Waals surface area contributed by atoms with E-state index in [2.05, 4.69) is 209 Å². The molecule has 2 aliphatic rings. The van der Waals surface area contributed by atoms with E-state index in [1.807, 2.05) is 120 Å². The number of piperazine rings is 2. The van der Waals surface area contributed by atoms with Gasteiger partial charge in [-0.05, 0) is 157 Å². The number of aryl methyl sites for hydroxylation is 5. The number of amides is 1. The summed E-state index contributed by atoms with van der Waals surface area (Å²) >= 11 is 18.9. The largest absolute Gasteiger partial charge is 0.488 e. The van der Waals surface area contributed by atoms with Gasteiger partial charge in [-0.1, -0.05) is 325 Å². The molecule has 0 radical (unpaired) electrons. The number of nitrogens with zero attached hydrogens (tertiary/aromatic N) is 5. The zero-order chi connectivity index (χ0) is 92.5. The average Bonchev–Trinajstić information content (AvgIpc) is 0.800. The van der Waals surface area contributed by atoms with Crippen molar-refractivity contribution in [1.82, 2.24) is 15.5 Å². The first-order valence-corrected chi connectivity index (χ1v) is 45.8. The second-order valence-electron chi connectivity index (χ2n) is 29.6. The van der Waals surface area contributed by atoms with Crippen molar-refractivity contribution in [2.75, 3.05) is 99.9 Å². The van der Waals surface area contributed by atoms with Gasteiger partial charge in [0.2, 0.25) is 0 Å². The fourth-order valence-electron chi connectivity index (χ4n) is 13.9. The molecule has 7 N–H and O–H groups in total. The van der Waals surface area contributed by atoms with E-state index < -0.39 is 12.5 Å². The monoisotopic (exact) mass is 1890 g/mol. The maximum Gasteiger partial charge on any atom is 0.488 e. The van der Waals surface area contributed by atoms with Gasteiger partial charge in [0.15, 0.2) is 0 Å². The summed E-state index contributed by atoms with van der Waals surface area (Å²) in [5.41, 5.74) is 27.6. The lowest BCUT2D eigenvalue weighted by Gasteiger charge is -2.35. The Morgan fingerprint density at radius 1 is 0.442 bits per heavy atom. The Morgan fingerprint density at radius 2 is 0.767 bits per heavy atom. The Hall–Kier alpha value is -10.9. The second-order valence-corrected chi connectivity index (χ2v) is 31.5. The summed E-state index contributed by atoms with van der Waals surface area (Å²) in [4.78, 5) is 49.8. The molecule has 684 valence electrons. The lowest BCUT2D eigenvalue weighted by atomic mass is 9.81. The first-order valence-electron chi connectivity index (χ1n) is 43.6. The van der Waals surface area contributed by atoms with Crippen molar-refractivity contribution >= 4 is 116 Å². The van der Waals surface area contributed by atoms with E-state index >= 15 is 0 Å². The van der Waals surface area contributed by atoms with Crippen LogP contribution in [-0.2, 0) is 54.8 Å². The van der Waals surface area contributed by atoms with Gasteiger partial charge >= 0.3 is 18.6 Å². The maximum absolute atomic E-state index is 12.5. The normalized spacial score (nSPS) is 11.5. The number of nitrogen functional groups attached to an aromatic ring is 1. The van der Waals surface area contributed by atoms with Crippen molar-refractivity contribution in [2.45, 2.75) is 112 Å². The van der Waals surface area contributed by atoms with Crippen LogP contribution in [0.25, 0.3) is 44.5 Å². The quantitative estimate of drug-likeness (QED) is 0.00532. The van der Waals surface area contributed by atoms with Crippen molar-refractivity contribution in [1.29, 1.82) is 0 Å². The van der Waals surface area contributed by atoms with Crippen molar-refractivity contribution < 1.29 is 44.1 Å². The smallest absolute Gasteiger partial charge is 0.449 e. The molecule has 0 unspecified atom stereocenters. The highest BCUT2D eigenvalue weighted by atomic mass is 79.9. The van der Waals surface area contributed by atoms with E-state index in [4.69, 9.17) is 60.4 Å². The van der Waals surface area contributed by atoms with Gasteiger partial charge in [-0.25, -0.2) is 9.59 Å². The molecule has 25 heteroatoms. The lowest BCUT2D eigenvalue weighted by Crippen LogP contribution is -2.49. The Balaban J connectivity index is 0.000000270. The van der Waals surface area contributed by atoms with E-state index in [0.717, 1.165) is 161 Å². The number of alkyl halides is 2. The number of nitrogens with one attached hydrogen (secondary N) is 2. The third kappa shape index (κ3) is 39.9. The summed E-state index contributed by atoms with van der Waals surface area (Å²) in [6.45, 7) is 20.4. The van der Waals surface area contributed by atoms with Crippen molar-refractivity contribution in [3.63, 3.8) is 0 Å². The predicted octanol–water partition coefficient (Wildman–Crippen LogP) is 23.9. The average molecular weight is 1890 g/mol. The number of carbonyl (C=O) groups excluding carboxylic acids is 2. The summed E-state index contributed by atoms with van der Waals surface area (Å²) in [6, 6.07) is 99.4. The zero-order valence-corrected chi connectivity index (χ0v) is 79.4. The van der Waals surface area contributed by atoms with Crippen LogP contribution in [0.2, 0.25) is 0 Å². The summed E-state index contributed by atoms with van der Waals surface area (Å²) in [5.74, 6) is 1.33. The highest BCUT2D eigenvalue weighted by Crippen LogP contribution is 2.34. The third-order valence-electron chi connectivity index (χ3n) is 20.2. The fourth-order valence-corrected chi connectivity index (χ4v) is 14.8. The Kier molecular flexibility index (Phi) is 53.8. The van der Waals surface area contributed by atoms with Crippen LogP contribution in [0.4, 0.5) is 38.0 Å². The summed E-state index contributed by atoms with van der Waals surface area (Å²) in [5, 5.41) is 51.9. The van der Waals surface area contributed by atoms with E-state index in [-0.39, 0.29) is 46.3 Å². The minimum Gasteiger partial charge on any atom is -0.449 e. The molecule has 12 aromatic rings. The molecule has 0 spiro atoms. The molecule has 2 saturated heterocycles. The number of nitro groups is 2. The molecule has 0 atom stereocenters. The van der Waals surface area contributed by atoms with Crippen LogP contribution in [0.5, 0.6) is 0 Å². The predicted molar refractivity (Wildman–Crippen MR) is 543 cm³/mol. The fraction of sp³-hybridized carbons (Fsp3) is 0.288. The number of non-ortho nitro benzene ring substituents is 2. The molecule has 19 nitrogen and oxygen atoms in total. The number of anilines is 3. The van der Waals surface area contributed by atoms with Gasteiger partial charge in [-0.3, -0.25) is 20.2 Å². The number of hydrogen-bond acceptors (Lipinski definition) is 16. The highest BCUT2D eigenvalue weighted by Gasteiger charge is 2.24. The standard InChI is InChI=1S/C27H30N2O2.C19H24N2.C15H15NO2.C15H17N.C9H10BrNO2.C8H7ClO2.C6H7BO2.C4H9Cl2N.CH4O.ClH/c1-2-9-23-14-15-25(20-26(23)24-12-7-4-8-13-24)28-16-18-29(19-17-28)27(30)31-21-22-10-5-3-6-11-22;1-2-6-16-9-10-18(21-13-11-20-12-14-21)15-19(16)17-7-4-3-5-8-17;1-2-6-12-9-10-14(16(17)18)11-15(12)13-7-4-3-5-8-13;1-2-6-12-9-10-14(16)11-15(12)13-7-4-3-5-8-13;1-2-3-7-4-5-8(11(12)13)6-9(7)10;9-8(10)11-6-7-4-2-1-3-5-7;8-7(9)6-4-2-1-3-5-6;5-1-3-7-4-2-6;1-2;/h3-8,10-15,20H,2,9,16-19,21H2,1H3;3-5,7-10,15,20H,2,6,11-14H2,1H3;3-5,7-11H,2,6H2,1H3;3-5,7-11H,2,6,16H2,1H3;4-6H,2-3H2,1H3;1-5H,6H2;1-5,8-9H;7H,1-4H2;2H,1H3;1H. The minimum atomic E-state index is -1.34. The molecular weight excluding hydrogens is 1770 g/mol. The SMILES string of the molecule is CCCc1ccc(N)cc1-c1ccccc1.CCCc1ccc(N2CCN(C(=O)OCc3ccccc3)CC2)cc1-c1ccccc1.CCCc1ccc(N2CCNCC2)cc1-c1ccccc1.CCCc1ccc([N+](=O)[O-])cc1-c1ccccc1.CCCc1ccc([N+](=O)[O-])cc1Br.CO.Cl.ClCCNCCCl.O=C(Cl)OCc1ccccc1.OB(O)c1ccccc1. The van der Waals surface area contributed by atoms with Gasteiger partial charge < -0.3 is 55.7 Å². The first-order chi connectivity index (χ1) is 62.3. The molecule has 14 rings (SSSR count). The summed E-state index contributed by atoms with van der Waals surface area (Å²) in [6.07, 6.45) is 10.5. The van der Waals surface area contributed by atoms with Crippen LogP contribution < -0.4 is 31.6 Å². The van der Waals surface area contributed by atoms with Crippen LogP contribution in [0.1, 0.15) is 106 Å². The number of halogens is 5. The first kappa shape index (κ1) is 109. The molecule has 0 bridgehead atoms. The molecule has 1 amide bonds. The number of benzene rings is 12. The van der Waals surface area contributed by atoms with Gasteiger partial charge in [0.25, 0.3) is 11.4 Å². The van der Waals surface area contributed by atoms with Crippen LogP contribution in [0.15, 0.2) is 308 Å². The lowest BCUT2D eigenvalue weighted by molar-refractivity contribution is -0.385. The van der Waals surface area contributed by atoms with Crippen molar-refractivity contribution in [3.05, 3.63) is 367 Å². The zero-order valence-electron chi connectivity index (χ0n) is 74.8. The molecule has 0 aromatic heterocycles. The van der Waals surface area contributed by atoms with Crippen LogP contribution >= 0.6 is 63.1 Å². The highest BCUT2D eigenvalue weighted by molar-refractivity contribution is 9.10. The molecule has 2 aliphatic heterocycles. The van der Waals surface area contributed by atoms with Gasteiger partial charge in [-0.15, -0.1) is 35.6 Å². The Bertz CT molecular complexity index is 5120. The summed E-state index contributed by atoms with van der Waals surface area (Å²) in [7, 11) is -0.341. The maximum atomic E-state index is 12.5. The Morgan fingerprint density at radius 3 is 1.12 bits per heavy atom. The van der Waals surface area contributed by atoms with Gasteiger partial charge in [0.1, 0.15) is 13.2 Å². The number of nitrogens with two attached hydrogens (primary N) is 1. The minimum absolute atomic E-state index is 0. The summed E-state index contributed by atoms with van der Waals surface area (Å²) < 4.78 is 10.9. The van der Waals surface area contributed by atoms with Crippen molar-refractivity contribution in [2.24, 2.45) is 0 Å². The topological polar surface area (TPSA) is 259 Å². The van der Waals surface area contributed by atoms with Crippen LogP contribution in [-0.4, -0.2) is 133 Å². The second kappa shape index (κ2) is 63.9. The molecule has 2 fully saturated rings. The van der Waals surface area contributed by atoms with Gasteiger partial charge in [0, 0.05) is 142 Å². The van der Waals surface area contributed by atoms with E-state index in [1.54, 1.807) is 48.5 Å². The number of nitro benzene ring substituents is 2. The molecule has 2 heterocycles. The number of aliphatic hydroxyl groups excluding tert-OH is 1. The molecule has 0 aliphatic carbocycles. The van der Waals surface area contributed by atoms with E-state index in [1.165, 1.54) is 73.9 Å². The van der Waals surface area contributed by atoms with E-state index in [9.17, 15) is 29.8 Å².